The Morgan fingerprint density at radius 1 is 0.955 bits per heavy atom. The first-order valence-corrected chi connectivity index (χ1v) is 23.7. The Balaban J connectivity index is 1.66. The third-order valence-electron chi connectivity index (χ3n) is 12.0. The van der Waals surface area contributed by atoms with Crippen molar-refractivity contribution in [2.24, 2.45) is 23.7 Å². The fourth-order valence-corrected chi connectivity index (χ4v) is 9.02. The maximum absolute atomic E-state index is 12.7. The summed E-state index contributed by atoms with van der Waals surface area (Å²) >= 11 is 0. The van der Waals surface area contributed by atoms with E-state index >= 15 is 0 Å². The van der Waals surface area contributed by atoms with Crippen molar-refractivity contribution in [3.8, 4) is 0 Å². The maximum Gasteiger partial charge on any atom is 0.373 e. The molecule has 2 unspecified atom stereocenters. The van der Waals surface area contributed by atoms with Crippen LogP contribution in [0.5, 0.6) is 0 Å². The summed E-state index contributed by atoms with van der Waals surface area (Å²) in [5, 5.41) is 10.2. The minimum atomic E-state index is -2.40. The highest BCUT2D eigenvalue weighted by Crippen LogP contribution is 2.47. The van der Waals surface area contributed by atoms with Gasteiger partial charge in [0.2, 0.25) is 14.1 Å². The lowest BCUT2D eigenvalue weighted by Crippen LogP contribution is -2.44. The van der Waals surface area contributed by atoms with Gasteiger partial charge in [0.05, 0.1) is 12.2 Å². The minimum Gasteiger partial charge on any atom is -0.544 e. The Hall–Kier alpha value is -1.06. The van der Waals surface area contributed by atoms with E-state index in [0.29, 0.717) is 24.0 Å². The first-order chi connectivity index (χ1) is 20.2. The molecular weight excluding hydrogens is 581 g/mol. The molecule has 3 aliphatic rings. The number of ether oxygens (including phenoxy) is 1. The Bertz CT molecular complexity index is 1010. The number of carbonyl (C=O) groups is 1. The number of carboxylic acids is 1. The fraction of sp³-hybridized carbons (Fsp3) is 0.865. The molecule has 3 fully saturated rings. The number of carboxylic acid groups (broad SMARTS) is 1. The normalized spacial score (nSPS) is 26.8. The van der Waals surface area contributed by atoms with E-state index in [1.807, 2.05) is 0 Å². The van der Waals surface area contributed by atoms with Crippen molar-refractivity contribution in [2.45, 2.75) is 180 Å². The van der Waals surface area contributed by atoms with Crippen LogP contribution in [0.15, 0.2) is 23.7 Å². The van der Waals surface area contributed by atoms with Crippen LogP contribution in [0.3, 0.4) is 0 Å². The van der Waals surface area contributed by atoms with Crippen LogP contribution in [0, 0.1) is 23.7 Å². The molecule has 1 saturated heterocycles. The van der Waals surface area contributed by atoms with Gasteiger partial charge in [-0.2, -0.15) is 0 Å². The van der Waals surface area contributed by atoms with E-state index in [4.69, 9.17) is 13.6 Å². The molecule has 0 bridgehead atoms. The zero-order chi connectivity index (χ0) is 33.1. The maximum atomic E-state index is 12.7. The summed E-state index contributed by atoms with van der Waals surface area (Å²) < 4.78 is 19.5. The Kier molecular flexibility index (Phi) is 12.6. The topological polar surface area (TPSA) is 68.3 Å². The number of epoxide rings is 1. The number of rotatable bonds is 15. The minimum absolute atomic E-state index is 0.00108. The van der Waals surface area contributed by atoms with Gasteiger partial charge in [0.25, 0.3) is 8.32 Å². The highest BCUT2D eigenvalue weighted by atomic mass is 28.4. The molecule has 5 atom stereocenters. The summed E-state index contributed by atoms with van der Waals surface area (Å²) in [6.45, 7) is 28.5. The van der Waals surface area contributed by atoms with Crippen molar-refractivity contribution in [1.82, 2.24) is 0 Å². The third kappa shape index (κ3) is 10.2. The van der Waals surface area contributed by atoms with Crippen molar-refractivity contribution in [3.63, 3.8) is 0 Å². The van der Waals surface area contributed by atoms with Gasteiger partial charge in [-0.05, 0) is 92.0 Å². The number of aliphatic carboxylic acids is 1. The molecule has 2 saturated carbocycles. The predicted octanol–water partition coefficient (Wildman–Crippen LogP) is 11.2. The summed E-state index contributed by atoms with van der Waals surface area (Å²) in [4.78, 5) is 12.7. The van der Waals surface area contributed by atoms with Gasteiger partial charge in [-0.1, -0.05) is 106 Å². The van der Waals surface area contributed by atoms with Crippen molar-refractivity contribution in [3.05, 3.63) is 23.7 Å². The lowest BCUT2D eigenvalue weighted by molar-refractivity contribution is -0.135. The van der Waals surface area contributed by atoms with Gasteiger partial charge in [-0.25, -0.2) is 4.79 Å². The zero-order valence-corrected chi connectivity index (χ0v) is 32.4. The number of allylic oxidation sites excluding steroid dienone is 1. The van der Waals surface area contributed by atoms with E-state index < -0.39 is 22.6 Å². The van der Waals surface area contributed by atoms with Crippen molar-refractivity contribution in [1.29, 1.82) is 0 Å². The first-order valence-electron chi connectivity index (χ1n) is 17.9. The average Bonchev–Trinajstić information content (AvgIpc) is 3.53. The van der Waals surface area contributed by atoms with Crippen LogP contribution in [0.25, 0.3) is 0 Å². The van der Waals surface area contributed by atoms with Gasteiger partial charge in [0, 0.05) is 6.42 Å². The molecule has 1 aliphatic heterocycles. The van der Waals surface area contributed by atoms with Crippen LogP contribution < -0.4 is 0 Å². The van der Waals surface area contributed by atoms with Crippen molar-refractivity contribution < 1.29 is 23.5 Å². The van der Waals surface area contributed by atoms with Crippen LogP contribution in [0.1, 0.15) is 132 Å². The van der Waals surface area contributed by atoms with Crippen LogP contribution in [-0.2, 0) is 18.4 Å². The standard InChI is InChI=1S/C37H68O5Si2/c1-26(23-28-18-14-13-15-19-28)17-16-20-29-22-21-27(2)30(29)24-31-32(40-31)25-33(41-43(9,10)36(3,4)5)34(35(38)39)42-44(11,12)37(6,7)8/h26,28-32H,2,13-25H2,1,3-12H3,(H,38,39)/t26?,29-,30-,31+,32?/m0/s1. The average molecular weight is 649 g/mol. The summed E-state index contributed by atoms with van der Waals surface area (Å²) in [5.74, 6) is 2.45. The quantitative estimate of drug-likeness (QED) is 0.0629. The third-order valence-corrected chi connectivity index (χ3v) is 20.7. The summed E-state index contributed by atoms with van der Waals surface area (Å²) in [7, 11) is -4.71. The Morgan fingerprint density at radius 3 is 2.11 bits per heavy atom. The highest BCUT2D eigenvalue weighted by Gasteiger charge is 2.48. The Labute approximate surface area is 273 Å². The molecule has 0 aromatic heterocycles. The second-order valence-electron chi connectivity index (χ2n) is 17.8. The largest absolute Gasteiger partial charge is 0.544 e. The summed E-state index contributed by atoms with van der Waals surface area (Å²) in [6.07, 6.45) is 16.5. The molecule has 1 N–H and O–H groups in total. The van der Waals surface area contributed by atoms with Gasteiger partial charge >= 0.3 is 5.97 Å². The van der Waals surface area contributed by atoms with Gasteiger partial charge in [0.15, 0.2) is 0 Å². The fourth-order valence-electron chi connectivity index (χ4n) is 6.90. The highest BCUT2D eigenvalue weighted by molar-refractivity contribution is 6.75. The van der Waals surface area contributed by atoms with E-state index in [1.54, 1.807) is 0 Å². The molecule has 0 amide bonds. The van der Waals surface area contributed by atoms with Gasteiger partial charge < -0.3 is 18.7 Å². The predicted molar refractivity (Wildman–Crippen MR) is 189 cm³/mol. The lowest BCUT2D eigenvalue weighted by atomic mass is 9.81. The first kappa shape index (κ1) is 37.4. The van der Waals surface area contributed by atoms with E-state index in [1.165, 1.54) is 69.8 Å². The molecule has 3 rings (SSSR count). The van der Waals surface area contributed by atoms with Crippen molar-refractivity contribution in [2.75, 3.05) is 0 Å². The molecule has 254 valence electrons. The molecular formula is C37H68O5Si2. The monoisotopic (exact) mass is 648 g/mol. The molecule has 1 heterocycles. The molecule has 7 heteroatoms. The number of hydrogen-bond acceptors (Lipinski definition) is 4. The molecule has 0 aromatic carbocycles. The molecule has 44 heavy (non-hydrogen) atoms. The number of hydrogen-bond donors (Lipinski definition) is 1. The van der Waals surface area contributed by atoms with Crippen LogP contribution in [0.4, 0.5) is 0 Å². The molecule has 5 nitrogen and oxygen atoms in total. The van der Waals surface area contributed by atoms with Gasteiger partial charge in [0.1, 0.15) is 5.76 Å². The molecule has 2 aliphatic carbocycles. The molecule has 0 aromatic rings. The Morgan fingerprint density at radius 2 is 1.55 bits per heavy atom. The van der Waals surface area contributed by atoms with Crippen LogP contribution in [0.2, 0.25) is 36.3 Å². The second kappa shape index (κ2) is 14.8. The van der Waals surface area contributed by atoms with E-state index in [9.17, 15) is 9.90 Å². The zero-order valence-electron chi connectivity index (χ0n) is 30.4. The summed E-state index contributed by atoms with van der Waals surface area (Å²) in [5.41, 5.74) is 1.39. The SMILES string of the molecule is C=C1CC[C@H](CCCC(C)CC2CCCCC2)[C@H]1C[C@H]1OC1CC(O[Si](C)(C)C(C)(C)C)=C(O[Si](C)(C)C(C)(C)C)C(=O)O. The molecule has 0 spiro atoms. The van der Waals surface area contributed by atoms with E-state index in [2.05, 4.69) is 81.2 Å². The second-order valence-corrected chi connectivity index (χ2v) is 27.2. The smallest absolute Gasteiger partial charge is 0.373 e. The van der Waals surface area contributed by atoms with Gasteiger partial charge in [-0.3, -0.25) is 0 Å². The van der Waals surface area contributed by atoms with E-state index in [-0.39, 0.29) is 28.0 Å². The van der Waals surface area contributed by atoms with Gasteiger partial charge in [-0.15, -0.1) is 0 Å². The lowest BCUT2D eigenvalue weighted by Gasteiger charge is -2.40. The van der Waals surface area contributed by atoms with Crippen LogP contribution in [-0.4, -0.2) is 39.9 Å². The molecule has 0 radical (unpaired) electrons. The summed E-state index contributed by atoms with van der Waals surface area (Å²) in [6, 6.07) is 0. The van der Waals surface area contributed by atoms with Crippen LogP contribution >= 0.6 is 0 Å². The van der Waals surface area contributed by atoms with Crippen molar-refractivity contribution >= 4 is 22.6 Å². The van der Waals surface area contributed by atoms with E-state index in [0.717, 1.165) is 24.7 Å².